The van der Waals surface area contributed by atoms with Gasteiger partial charge in [-0.2, -0.15) is 11.8 Å². The first-order chi connectivity index (χ1) is 7.93. The lowest BCUT2D eigenvalue weighted by Gasteiger charge is -2.25. The predicted octanol–water partition coefficient (Wildman–Crippen LogP) is 1.49. The van der Waals surface area contributed by atoms with Gasteiger partial charge in [0.1, 0.15) is 0 Å². The average Bonchev–Trinajstić information content (AvgIpc) is 2.28. The second-order valence-corrected chi connectivity index (χ2v) is 4.96. The summed E-state index contributed by atoms with van der Waals surface area (Å²) in [5, 5.41) is 11.5. The van der Waals surface area contributed by atoms with E-state index in [-0.39, 0.29) is 18.6 Å². The average molecular weight is 262 g/mol. The highest BCUT2D eigenvalue weighted by molar-refractivity contribution is 7.98. The molecule has 2 N–H and O–H groups in total. The summed E-state index contributed by atoms with van der Waals surface area (Å²) in [5.74, 6) is -0.518. The first-order valence-electron chi connectivity index (χ1n) is 5.66. The number of carbonyl (C=O) groups excluding carboxylic acids is 1. The van der Waals surface area contributed by atoms with Crippen molar-refractivity contribution in [3.05, 3.63) is 0 Å². The highest BCUT2D eigenvalue weighted by atomic mass is 32.2. The van der Waals surface area contributed by atoms with Crippen LogP contribution >= 0.6 is 11.8 Å². The lowest BCUT2D eigenvalue weighted by Crippen LogP contribution is -2.45. The molecule has 0 aromatic rings. The third-order valence-electron chi connectivity index (χ3n) is 2.73. The van der Waals surface area contributed by atoms with Crippen LogP contribution < -0.4 is 5.32 Å². The van der Waals surface area contributed by atoms with Gasteiger partial charge in [-0.3, -0.25) is 4.79 Å². The van der Waals surface area contributed by atoms with Gasteiger partial charge in [-0.15, -0.1) is 0 Å². The summed E-state index contributed by atoms with van der Waals surface area (Å²) in [4.78, 5) is 24.1. The van der Waals surface area contributed by atoms with E-state index in [9.17, 15) is 9.59 Å². The molecule has 0 saturated heterocycles. The summed E-state index contributed by atoms with van der Waals surface area (Å²) in [6, 6.07) is -0.0823. The second-order valence-electron chi connectivity index (χ2n) is 4.04. The number of urea groups is 1. The van der Waals surface area contributed by atoms with E-state index in [1.165, 1.54) is 0 Å². The van der Waals surface area contributed by atoms with E-state index < -0.39 is 11.9 Å². The summed E-state index contributed by atoms with van der Waals surface area (Å²) in [7, 11) is 1.72. The standard InChI is InChI=1S/C11H22N2O3S/c1-5-9(10(14)15)6-12-11(16)13(3)8(2)7-17-4/h8-9H,5-7H2,1-4H3,(H,12,16)(H,14,15). The highest BCUT2D eigenvalue weighted by Gasteiger charge is 2.19. The molecule has 0 spiro atoms. The van der Waals surface area contributed by atoms with Crippen LogP contribution in [0.1, 0.15) is 20.3 Å². The maximum absolute atomic E-state index is 11.7. The van der Waals surface area contributed by atoms with Crippen LogP contribution in [-0.4, -0.2) is 53.6 Å². The van der Waals surface area contributed by atoms with Gasteiger partial charge in [0.15, 0.2) is 0 Å². The third-order valence-corrected chi connectivity index (χ3v) is 3.55. The Bertz CT molecular complexity index is 261. The zero-order valence-corrected chi connectivity index (χ0v) is 11.7. The fraction of sp³-hybridized carbons (Fsp3) is 0.818. The van der Waals surface area contributed by atoms with E-state index in [1.54, 1.807) is 30.6 Å². The quantitative estimate of drug-likeness (QED) is 0.729. The number of carboxylic acid groups (broad SMARTS) is 1. The van der Waals surface area contributed by atoms with Crippen LogP contribution in [0.2, 0.25) is 0 Å². The number of carboxylic acids is 1. The van der Waals surface area contributed by atoms with Gasteiger partial charge in [-0.25, -0.2) is 4.79 Å². The van der Waals surface area contributed by atoms with Gasteiger partial charge in [0, 0.05) is 25.4 Å². The second kappa shape index (κ2) is 8.22. The lowest BCUT2D eigenvalue weighted by molar-refractivity contribution is -0.141. The number of hydrogen-bond donors (Lipinski definition) is 2. The minimum absolute atomic E-state index is 0.134. The Hall–Kier alpha value is -0.910. The van der Waals surface area contributed by atoms with Crippen LogP contribution in [0.3, 0.4) is 0 Å². The van der Waals surface area contributed by atoms with Crippen molar-refractivity contribution in [2.45, 2.75) is 26.3 Å². The van der Waals surface area contributed by atoms with Crippen molar-refractivity contribution >= 4 is 23.8 Å². The fourth-order valence-electron chi connectivity index (χ4n) is 1.29. The van der Waals surface area contributed by atoms with Crippen molar-refractivity contribution in [1.82, 2.24) is 10.2 Å². The van der Waals surface area contributed by atoms with Gasteiger partial charge in [0.05, 0.1) is 5.92 Å². The number of aliphatic carboxylic acids is 1. The molecule has 100 valence electrons. The maximum Gasteiger partial charge on any atom is 0.317 e. The molecule has 0 aromatic heterocycles. The topological polar surface area (TPSA) is 69.6 Å². The van der Waals surface area contributed by atoms with E-state index in [4.69, 9.17) is 5.11 Å². The smallest absolute Gasteiger partial charge is 0.317 e. The number of amides is 2. The fourth-order valence-corrected chi connectivity index (χ4v) is 2.00. The maximum atomic E-state index is 11.7. The molecule has 2 unspecified atom stereocenters. The normalized spacial score (nSPS) is 13.9. The van der Waals surface area contributed by atoms with Crippen LogP contribution in [0, 0.1) is 5.92 Å². The molecule has 0 heterocycles. The molecule has 17 heavy (non-hydrogen) atoms. The van der Waals surface area contributed by atoms with Gasteiger partial charge in [0.25, 0.3) is 0 Å². The minimum atomic E-state index is -0.868. The molecule has 5 nitrogen and oxygen atoms in total. The van der Waals surface area contributed by atoms with Crippen LogP contribution in [0.4, 0.5) is 4.79 Å². The molecular weight excluding hydrogens is 240 g/mol. The number of carbonyl (C=O) groups is 2. The molecule has 0 rings (SSSR count). The molecule has 0 saturated carbocycles. The van der Waals surface area contributed by atoms with Crippen molar-refractivity contribution in [1.29, 1.82) is 0 Å². The summed E-state index contributed by atoms with van der Waals surface area (Å²) in [5.41, 5.74) is 0. The number of nitrogens with zero attached hydrogens (tertiary/aromatic N) is 1. The van der Waals surface area contributed by atoms with E-state index in [0.717, 1.165) is 5.75 Å². The first kappa shape index (κ1) is 16.1. The van der Waals surface area contributed by atoms with E-state index in [1.807, 2.05) is 13.2 Å². The Labute approximate surface area is 107 Å². The van der Waals surface area contributed by atoms with Crippen molar-refractivity contribution in [2.24, 2.45) is 5.92 Å². The Balaban J connectivity index is 4.12. The largest absolute Gasteiger partial charge is 0.481 e. The predicted molar refractivity (Wildman–Crippen MR) is 70.4 cm³/mol. The van der Waals surface area contributed by atoms with Crippen LogP contribution in [0.15, 0.2) is 0 Å². The van der Waals surface area contributed by atoms with Gasteiger partial charge in [-0.1, -0.05) is 6.92 Å². The molecule has 0 aliphatic carbocycles. The Morgan fingerprint density at radius 3 is 2.47 bits per heavy atom. The summed E-state index contributed by atoms with van der Waals surface area (Å²) in [6.07, 6.45) is 2.50. The molecule has 0 aromatic carbocycles. The number of thioether (sulfide) groups is 1. The highest BCUT2D eigenvalue weighted by Crippen LogP contribution is 2.05. The monoisotopic (exact) mass is 262 g/mol. The van der Waals surface area contributed by atoms with E-state index in [0.29, 0.717) is 6.42 Å². The molecule has 2 amide bonds. The summed E-state index contributed by atoms with van der Waals surface area (Å²) < 4.78 is 0. The molecule has 6 heteroatoms. The SMILES string of the molecule is CCC(CNC(=O)N(C)C(C)CSC)C(=O)O. The molecule has 0 radical (unpaired) electrons. The van der Waals surface area contributed by atoms with Crippen LogP contribution in [0.5, 0.6) is 0 Å². The van der Waals surface area contributed by atoms with Crippen molar-refractivity contribution in [3.8, 4) is 0 Å². The molecule has 0 fully saturated rings. The first-order valence-corrected chi connectivity index (χ1v) is 7.05. The lowest BCUT2D eigenvalue weighted by atomic mass is 10.1. The van der Waals surface area contributed by atoms with Gasteiger partial charge in [-0.05, 0) is 19.6 Å². The molecule has 0 aliphatic rings. The van der Waals surface area contributed by atoms with Crippen molar-refractivity contribution < 1.29 is 14.7 Å². The van der Waals surface area contributed by atoms with Gasteiger partial charge < -0.3 is 15.3 Å². The molecule has 0 bridgehead atoms. The molecular formula is C11H22N2O3S. The van der Waals surface area contributed by atoms with Crippen LogP contribution in [0.25, 0.3) is 0 Å². The molecule has 0 aliphatic heterocycles. The minimum Gasteiger partial charge on any atom is -0.481 e. The van der Waals surface area contributed by atoms with Crippen LogP contribution in [-0.2, 0) is 4.79 Å². The summed E-state index contributed by atoms with van der Waals surface area (Å²) >= 11 is 1.67. The zero-order valence-electron chi connectivity index (χ0n) is 10.9. The van der Waals surface area contributed by atoms with Gasteiger partial charge in [0.2, 0.25) is 0 Å². The Kier molecular flexibility index (Phi) is 7.78. The zero-order chi connectivity index (χ0) is 13.4. The number of hydrogen-bond acceptors (Lipinski definition) is 3. The Morgan fingerprint density at radius 2 is 2.06 bits per heavy atom. The Morgan fingerprint density at radius 1 is 1.47 bits per heavy atom. The molecule has 2 atom stereocenters. The van der Waals surface area contributed by atoms with Crippen molar-refractivity contribution in [3.63, 3.8) is 0 Å². The third kappa shape index (κ3) is 5.81. The van der Waals surface area contributed by atoms with E-state index >= 15 is 0 Å². The number of nitrogens with one attached hydrogen (secondary N) is 1. The number of rotatable bonds is 7. The van der Waals surface area contributed by atoms with Crippen molar-refractivity contribution in [2.75, 3.05) is 25.6 Å². The van der Waals surface area contributed by atoms with Gasteiger partial charge >= 0.3 is 12.0 Å². The van der Waals surface area contributed by atoms with E-state index in [2.05, 4.69) is 5.32 Å². The summed E-state index contributed by atoms with van der Waals surface area (Å²) in [6.45, 7) is 3.94.